The maximum atomic E-state index is 5.30. The number of fused-ring (bicyclic) bond motifs is 2. The van der Waals surface area contributed by atoms with Gasteiger partial charge in [-0.25, -0.2) is 9.88 Å². The Labute approximate surface area is 77.8 Å². The summed E-state index contributed by atoms with van der Waals surface area (Å²) in [5, 5.41) is 0. The summed E-state index contributed by atoms with van der Waals surface area (Å²) in [5.74, 6) is -0.645. The first-order valence-corrected chi connectivity index (χ1v) is 4.38. The SMILES string of the molecule is CC1=CCC2(N(C)C)N=CC1OO2. The molecule has 2 bridgehead atoms. The fraction of sp³-hybridized carbons (Fsp3) is 0.667. The van der Waals surface area contributed by atoms with Crippen molar-refractivity contribution in [3.05, 3.63) is 11.6 Å². The quantitative estimate of drug-likeness (QED) is 0.447. The lowest BCUT2D eigenvalue weighted by Crippen LogP contribution is -2.47. The zero-order valence-electron chi connectivity index (χ0n) is 8.15. The third-order valence-electron chi connectivity index (χ3n) is 2.53. The van der Waals surface area contributed by atoms with E-state index in [0.717, 1.165) is 12.0 Å². The molecular weight excluding hydrogens is 168 g/mol. The topological polar surface area (TPSA) is 34.1 Å². The standard InChI is InChI=1S/C9H14N2O2/c1-7-4-5-9(11(2)3)10-6-8(7)12-13-9/h4,6,8H,5H2,1-3H3. The van der Waals surface area contributed by atoms with Crippen LogP contribution in [0.25, 0.3) is 0 Å². The van der Waals surface area contributed by atoms with Gasteiger partial charge in [0.1, 0.15) is 6.10 Å². The van der Waals surface area contributed by atoms with E-state index in [1.165, 1.54) is 0 Å². The van der Waals surface area contributed by atoms with Crippen LogP contribution < -0.4 is 0 Å². The zero-order valence-corrected chi connectivity index (χ0v) is 8.15. The summed E-state index contributed by atoms with van der Waals surface area (Å²) >= 11 is 0. The summed E-state index contributed by atoms with van der Waals surface area (Å²) < 4.78 is 0. The van der Waals surface area contributed by atoms with Crippen molar-refractivity contribution < 1.29 is 9.78 Å². The Morgan fingerprint density at radius 2 is 2.38 bits per heavy atom. The molecule has 2 atom stereocenters. The molecule has 72 valence electrons. The van der Waals surface area contributed by atoms with E-state index in [1.807, 2.05) is 32.1 Å². The van der Waals surface area contributed by atoms with Crippen LogP contribution in [-0.4, -0.2) is 37.2 Å². The Morgan fingerprint density at radius 1 is 1.62 bits per heavy atom. The number of rotatable bonds is 1. The summed E-state index contributed by atoms with van der Waals surface area (Å²) in [6.45, 7) is 2.02. The van der Waals surface area contributed by atoms with Crippen molar-refractivity contribution in [2.45, 2.75) is 25.3 Å². The van der Waals surface area contributed by atoms with Gasteiger partial charge in [0.15, 0.2) is 0 Å². The van der Waals surface area contributed by atoms with Gasteiger partial charge in [-0.2, -0.15) is 4.89 Å². The first-order valence-electron chi connectivity index (χ1n) is 4.38. The first kappa shape index (κ1) is 8.87. The maximum absolute atomic E-state index is 5.30. The molecule has 0 amide bonds. The molecule has 4 nitrogen and oxygen atoms in total. The second-order valence-corrected chi connectivity index (χ2v) is 3.67. The molecule has 0 aromatic carbocycles. The third-order valence-corrected chi connectivity index (χ3v) is 2.53. The van der Waals surface area contributed by atoms with Gasteiger partial charge in [-0.05, 0) is 26.6 Å². The minimum atomic E-state index is -0.645. The van der Waals surface area contributed by atoms with E-state index in [9.17, 15) is 0 Å². The Morgan fingerprint density at radius 3 is 2.92 bits per heavy atom. The van der Waals surface area contributed by atoms with Gasteiger partial charge >= 0.3 is 0 Å². The van der Waals surface area contributed by atoms with E-state index in [4.69, 9.17) is 9.78 Å². The Kier molecular flexibility index (Phi) is 1.98. The molecular formula is C9H14N2O2. The number of hydrogen-bond donors (Lipinski definition) is 0. The molecule has 0 saturated carbocycles. The Balaban J connectivity index is 2.34. The van der Waals surface area contributed by atoms with Crippen LogP contribution in [0.5, 0.6) is 0 Å². The lowest BCUT2D eigenvalue weighted by molar-refractivity contribution is -0.398. The lowest BCUT2D eigenvalue weighted by Gasteiger charge is -2.35. The highest BCUT2D eigenvalue weighted by molar-refractivity contribution is 5.69. The van der Waals surface area contributed by atoms with Crippen LogP contribution in [0.15, 0.2) is 16.6 Å². The van der Waals surface area contributed by atoms with Crippen LogP contribution >= 0.6 is 0 Å². The van der Waals surface area contributed by atoms with Gasteiger partial charge in [0.25, 0.3) is 5.85 Å². The van der Waals surface area contributed by atoms with Gasteiger partial charge in [-0.15, -0.1) is 0 Å². The molecule has 0 N–H and O–H groups in total. The van der Waals surface area contributed by atoms with Crippen LogP contribution in [0.2, 0.25) is 0 Å². The predicted molar refractivity (Wildman–Crippen MR) is 49.2 cm³/mol. The molecule has 3 rings (SSSR count). The maximum Gasteiger partial charge on any atom is 0.252 e. The van der Waals surface area contributed by atoms with Gasteiger partial charge in [0.05, 0.1) is 0 Å². The molecule has 3 heterocycles. The van der Waals surface area contributed by atoms with Crippen molar-refractivity contribution in [3.8, 4) is 0 Å². The van der Waals surface area contributed by atoms with Crippen molar-refractivity contribution in [3.63, 3.8) is 0 Å². The molecule has 2 unspecified atom stereocenters. The molecule has 0 fully saturated rings. The van der Waals surface area contributed by atoms with Crippen LogP contribution in [0.1, 0.15) is 13.3 Å². The van der Waals surface area contributed by atoms with E-state index in [2.05, 4.69) is 11.1 Å². The van der Waals surface area contributed by atoms with Gasteiger partial charge in [0, 0.05) is 12.6 Å². The average molecular weight is 182 g/mol. The Hall–Kier alpha value is -0.710. The fourth-order valence-corrected chi connectivity index (χ4v) is 1.42. The largest absolute Gasteiger partial charge is 0.260 e. The van der Waals surface area contributed by atoms with Crippen molar-refractivity contribution in [1.29, 1.82) is 0 Å². The number of aliphatic imine (C=N–C) groups is 1. The van der Waals surface area contributed by atoms with E-state index in [1.54, 1.807) is 0 Å². The molecule has 0 aliphatic carbocycles. The molecule has 0 radical (unpaired) electrons. The second-order valence-electron chi connectivity index (χ2n) is 3.67. The molecule has 13 heavy (non-hydrogen) atoms. The molecule has 3 aliphatic heterocycles. The Bertz CT molecular complexity index is 273. The minimum absolute atomic E-state index is 0.101. The van der Waals surface area contributed by atoms with Gasteiger partial charge in [0.2, 0.25) is 0 Å². The van der Waals surface area contributed by atoms with Gasteiger partial charge < -0.3 is 0 Å². The smallest absolute Gasteiger partial charge is 0.252 e. The highest BCUT2D eigenvalue weighted by atomic mass is 17.2. The van der Waals surface area contributed by atoms with Crippen molar-refractivity contribution in [2.75, 3.05) is 14.1 Å². The van der Waals surface area contributed by atoms with E-state index in [0.29, 0.717) is 0 Å². The third kappa shape index (κ3) is 1.31. The number of hydrogen-bond acceptors (Lipinski definition) is 4. The summed E-state index contributed by atoms with van der Waals surface area (Å²) in [7, 11) is 3.85. The summed E-state index contributed by atoms with van der Waals surface area (Å²) in [5.41, 5.74) is 1.16. The van der Waals surface area contributed by atoms with Crippen LogP contribution in [0, 0.1) is 0 Å². The van der Waals surface area contributed by atoms with Crippen molar-refractivity contribution in [1.82, 2.24) is 4.90 Å². The van der Waals surface area contributed by atoms with E-state index < -0.39 is 5.85 Å². The van der Waals surface area contributed by atoms with Gasteiger partial charge in [-0.3, -0.25) is 4.90 Å². The van der Waals surface area contributed by atoms with E-state index in [-0.39, 0.29) is 6.10 Å². The lowest BCUT2D eigenvalue weighted by atomic mass is 10.1. The summed E-state index contributed by atoms with van der Waals surface area (Å²) in [4.78, 5) is 16.8. The highest BCUT2D eigenvalue weighted by Gasteiger charge is 2.40. The van der Waals surface area contributed by atoms with Crippen LogP contribution in [-0.2, 0) is 9.78 Å². The average Bonchev–Trinajstić information content (AvgIpc) is 2.38. The second kappa shape index (κ2) is 2.90. The van der Waals surface area contributed by atoms with Crippen molar-refractivity contribution >= 4 is 6.21 Å². The normalized spacial score (nSPS) is 37.8. The fourth-order valence-electron chi connectivity index (χ4n) is 1.42. The van der Waals surface area contributed by atoms with Crippen molar-refractivity contribution in [2.24, 2.45) is 4.99 Å². The molecule has 0 aromatic heterocycles. The molecule has 3 aliphatic rings. The minimum Gasteiger partial charge on any atom is -0.260 e. The molecule has 4 heteroatoms. The van der Waals surface area contributed by atoms with Gasteiger partial charge in [-0.1, -0.05) is 6.08 Å². The molecule has 0 aromatic rings. The molecule has 0 spiro atoms. The van der Waals surface area contributed by atoms with Crippen LogP contribution in [0.3, 0.4) is 0 Å². The first-order chi connectivity index (χ1) is 6.14. The summed E-state index contributed by atoms with van der Waals surface area (Å²) in [6, 6.07) is 0. The summed E-state index contributed by atoms with van der Waals surface area (Å²) in [6.07, 6.45) is 4.56. The van der Waals surface area contributed by atoms with E-state index >= 15 is 0 Å². The predicted octanol–water partition coefficient (Wildman–Crippen LogP) is 0.953. The highest BCUT2D eigenvalue weighted by Crippen LogP contribution is 2.31. The monoisotopic (exact) mass is 182 g/mol. The molecule has 0 saturated heterocycles. The van der Waals surface area contributed by atoms with Crippen LogP contribution in [0.4, 0.5) is 0 Å². The number of nitrogens with zero attached hydrogens (tertiary/aromatic N) is 2. The zero-order chi connectivity index (χ0) is 9.47.